The van der Waals surface area contributed by atoms with E-state index >= 15 is 0 Å². The van der Waals surface area contributed by atoms with E-state index in [0.29, 0.717) is 6.42 Å². The summed E-state index contributed by atoms with van der Waals surface area (Å²) in [5, 5.41) is 11.9. The van der Waals surface area contributed by atoms with E-state index in [1.807, 2.05) is 13.8 Å². The highest BCUT2D eigenvalue weighted by atomic mass is 19.2. The SMILES string of the molecule is CC(C)C[C@H](Nc1cnc2cc(F)c(F)cc2n1)C(=O)O. The lowest BCUT2D eigenvalue weighted by atomic mass is 10.0. The molecule has 1 aromatic heterocycles. The third-order valence-electron chi connectivity index (χ3n) is 2.91. The minimum atomic E-state index is -1.02. The predicted octanol–water partition coefficient (Wildman–Crippen LogP) is 2.82. The molecule has 2 N–H and O–H groups in total. The normalized spacial score (nSPS) is 12.6. The average molecular weight is 295 g/mol. The fourth-order valence-corrected chi connectivity index (χ4v) is 1.95. The van der Waals surface area contributed by atoms with Gasteiger partial charge in [0.05, 0.1) is 17.2 Å². The maximum Gasteiger partial charge on any atom is 0.326 e. The third kappa shape index (κ3) is 3.62. The van der Waals surface area contributed by atoms with Crippen molar-refractivity contribution in [2.45, 2.75) is 26.3 Å². The largest absolute Gasteiger partial charge is 0.480 e. The second kappa shape index (κ2) is 5.99. The molecule has 1 atom stereocenters. The second-order valence-electron chi connectivity index (χ2n) is 5.17. The van der Waals surface area contributed by atoms with Gasteiger partial charge in [-0.3, -0.25) is 4.98 Å². The monoisotopic (exact) mass is 295 g/mol. The molecule has 2 aromatic rings. The molecule has 0 saturated carbocycles. The lowest BCUT2D eigenvalue weighted by Crippen LogP contribution is -2.31. The Morgan fingerprint density at radius 2 is 1.90 bits per heavy atom. The molecule has 0 unspecified atom stereocenters. The summed E-state index contributed by atoms with van der Waals surface area (Å²) in [5.74, 6) is -2.64. The molecule has 1 aromatic carbocycles. The summed E-state index contributed by atoms with van der Waals surface area (Å²) in [7, 11) is 0. The van der Waals surface area contributed by atoms with Crippen molar-refractivity contribution in [1.82, 2.24) is 9.97 Å². The van der Waals surface area contributed by atoms with E-state index in [0.717, 1.165) is 12.1 Å². The summed E-state index contributed by atoms with van der Waals surface area (Å²) >= 11 is 0. The van der Waals surface area contributed by atoms with Gasteiger partial charge < -0.3 is 10.4 Å². The number of nitrogens with zero attached hydrogens (tertiary/aromatic N) is 2. The third-order valence-corrected chi connectivity index (χ3v) is 2.91. The van der Waals surface area contributed by atoms with Gasteiger partial charge in [0.2, 0.25) is 0 Å². The molecule has 0 amide bonds. The van der Waals surface area contributed by atoms with Crippen LogP contribution in [0.2, 0.25) is 0 Å². The van der Waals surface area contributed by atoms with E-state index in [1.54, 1.807) is 0 Å². The van der Waals surface area contributed by atoms with Gasteiger partial charge >= 0.3 is 5.97 Å². The van der Waals surface area contributed by atoms with Crippen molar-refractivity contribution in [1.29, 1.82) is 0 Å². The number of hydrogen-bond acceptors (Lipinski definition) is 4. The van der Waals surface area contributed by atoms with E-state index in [4.69, 9.17) is 5.11 Å². The maximum absolute atomic E-state index is 13.2. The molecule has 0 radical (unpaired) electrons. The van der Waals surface area contributed by atoms with Crippen LogP contribution >= 0.6 is 0 Å². The molecule has 5 nitrogen and oxygen atoms in total. The van der Waals surface area contributed by atoms with Crippen LogP contribution in [0, 0.1) is 17.6 Å². The van der Waals surface area contributed by atoms with Crippen LogP contribution in [-0.4, -0.2) is 27.1 Å². The van der Waals surface area contributed by atoms with Gasteiger partial charge in [-0.15, -0.1) is 0 Å². The van der Waals surface area contributed by atoms with Crippen molar-refractivity contribution in [3.8, 4) is 0 Å². The van der Waals surface area contributed by atoms with Gasteiger partial charge in [-0.2, -0.15) is 0 Å². The minimum Gasteiger partial charge on any atom is -0.480 e. The molecule has 0 saturated heterocycles. The zero-order chi connectivity index (χ0) is 15.6. The van der Waals surface area contributed by atoms with Crippen LogP contribution in [0.4, 0.5) is 14.6 Å². The number of fused-ring (bicyclic) bond motifs is 1. The molecular weight excluding hydrogens is 280 g/mol. The quantitative estimate of drug-likeness (QED) is 0.887. The first-order chi connectivity index (χ1) is 9.86. The van der Waals surface area contributed by atoms with Gasteiger partial charge in [-0.25, -0.2) is 18.6 Å². The average Bonchev–Trinajstić information content (AvgIpc) is 2.39. The second-order valence-corrected chi connectivity index (χ2v) is 5.17. The van der Waals surface area contributed by atoms with Gasteiger partial charge in [-0.1, -0.05) is 13.8 Å². The number of aromatic nitrogens is 2. The van der Waals surface area contributed by atoms with Crippen molar-refractivity contribution in [3.63, 3.8) is 0 Å². The molecule has 0 spiro atoms. The summed E-state index contributed by atoms with van der Waals surface area (Å²) in [6.45, 7) is 3.81. The van der Waals surface area contributed by atoms with Crippen molar-refractivity contribution >= 4 is 22.8 Å². The molecule has 2 rings (SSSR count). The van der Waals surface area contributed by atoms with E-state index in [-0.39, 0.29) is 22.8 Å². The molecule has 0 bridgehead atoms. The summed E-state index contributed by atoms with van der Waals surface area (Å²) in [5.41, 5.74) is 0.364. The highest BCUT2D eigenvalue weighted by molar-refractivity contribution is 5.79. The Morgan fingerprint density at radius 3 is 2.48 bits per heavy atom. The number of carbonyl (C=O) groups is 1. The van der Waals surface area contributed by atoms with Gasteiger partial charge in [0.25, 0.3) is 0 Å². The topological polar surface area (TPSA) is 75.1 Å². The van der Waals surface area contributed by atoms with Crippen molar-refractivity contribution in [2.24, 2.45) is 5.92 Å². The summed E-state index contributed by atoms with van der Waals surface area (Å²) in [4.78, 5) is 19.2. The van der Waals surface area contributed by atoms with Gasteiger partial charge in [0.15, 0.2) is 11.6 Å². The van der Waals surface area contributed by atoms with E-state index in [1.165, 1.54) is 6.20 Å². The molecule has 0 aliphatic rings. The highest BCUT2D eigenvalue weighted by Crippen LogP contribution is 2.18. The van der Waals surface area contributed by atoms with Gasteiger partial charge in [0, 0.05) is 12.1 Å². The van der Waals surface area contributed by atoms with Crippen LogP contribution in [-0.2, 0) is 4.79 Å². The first-order valence-electron chi connectivity index (χ1n) is 6.48. The Morgan fingerprint density at radius 1 is 1.29 bits per heavy atom. The van der Waals surface area contributed by atoms with Crippen molar-refractivity contribution in [2.75, 3.05) is 5.32 Å². The number of rotatable bonds is 5. The molecular formula is C14H15F2N3O2. The Bertz CT molecular complexity index is 677. The number of aliphatic carboxylic acids is 1. The van der Waals surface area contributed by atoms with Crippen molar-refractivity contribution < 1.29 is 18.7 Å². The number of halogens is 2. The van der Waals surface area contributed by atoms with E-state index in [9.17, 15) is 13.6 Å². The highest BCUT2D eigenvalue weighted by Gasteiger charge is 2.19. The Kier molecular flexibility index (Phi) is 4.30. The number of carboxylic acid groups (broad SMARTS) is 1. The van der Waals surface area contributed by atoms with E-state index < -0.39 is 23.6 Å². The van der Waals surface area contributed by atoms with Crippen LogP contribution < -0.4 is 5.32 Å². The van der Waals surface area contributed by atoms with Crippen LogP contribution in [0.5, 0.6) is 0 Å². The minimum absolute atomic E-state index is 0.160. The molecule has 0 aliphatic carbocycles. The molecule has 7 heteroatoms. The van der Waals surface area contributed by atoms with Crippen LogP contribution in [0.3, 0.4) is 0 Å². The fourth-order valence-electron chi connectivity index (χ4n) is 1.95. The predicted molar refractivity (Wildman–Crippen MR) is 74.0 cm³/mol. The van der Waals surface area contributed by atoms with Crippen LogP contribution in [0.15, 0.2) is 18.3 Å². The number of hydrogen-bond donors (Lipinski definition) is 2. The number of benzene rings is 1. The van der Waals surface area contributed by atoms with Crippen LogP contribution in [0.25, 0.3) is 11.0 Å². The number of carboxylic acids is 1. The smallest absolute Gasteiger partial charge is 0.326 e. The maximum atomic E-state index is 13.2. The summed E-state index contributed by atoms with van der Waals surface area (Å²) in [6, 6.07) is 1.06. The molecule has 1 heterocycles. The zero-order valence-electron chi connectivity index (χ0n) is 11.6. The Balaban J connectivity index is 2.29. The molecule has 112 valence electrons. The summed E-state index contributed by atoms with van der Waals surface area (Å²) < 4.78 is 26.3. The first-order valence-corrected chi connectivity index (χ1v) is 6.48. The number of nitrogens with one attached hydrogen (secondary N) is 1. The van der Waals surface area contributed by atoms with E-state index in [2.05, 4.69) is 15.3 Å². The molecule has 0 fully saturated rings. The molecule has 21 heavy (non-hydrogen) atoms. The lowest BCUT2D eigenvalue weighted by Gasteiger charge is -2.16. The van der Waals surface area contributed by atoms with Crippen molar-refractivity contribution in [3.05, 3.63) is 30.0 Å². The standard InChI is InChI=1S/C14H15F2N3O2/c1-7(2)3-12(14(20)21)19-13-6-17-10-4-8(15)9(16)5-11(10)18-13/h4-7,12H,3H2,1-2H3,(H,18,19)(H,20,21)/t12-/m0/s1. The zero-order valence-corrected chi connectivity index (χ0v) is 11.6. The van der Waals surface area contributed by atoms with Gasteiger partial charge in [-0.05, 0) is 12.3 Å². The fraction of sp³-hybridized carbons (Fsp3) is 0.357. The van der Waals surface area contributed by atoms with Gasteiger partial charge in [0.1, 0.15) is 11.9 Å². The number of anilines is 1. The summed E-state index contributed by atoms with van der Waals surface area (Å²) in [6.07, 6.45) is 1.71. The lowest BCUT2D eigenvalue weighted by molar-refractivity contribution is -0.138. The Hall–Kier alpha value is -2.31. The molecule has 0 aliphatic heterocycles. The van der Waals surface area contributed by atoms with Crippen LogP contribution in [0.1, 0.15) is 20.3 Å². The Labute approximate surface area is 120 Å². The first kappa shape index (κ1) is 15.1.